The zero-order valence-electron chi connectivity index (χ0n) is 13.1. The number of aliphatic carboxylic acids is 1. The summed E-state index contributed by atoms with van der Waals surface area (Å²) in [5.41, 5.74) is -0.973. The number of ether oxygens (including phenoxy) is 1. The standard InChI is InChI=1S/C15H28N2O3/c1-11(17-7-8-20-14(2,3)10-17)9-15(4,13(18)19)16-12-5-6-12/h11-12,16H,5-10H2,1-4H3,(H,18,19). The molecule has 1 heterocycles. The zero-order chi connectivity index (χ0) is 15.0. The second-order valence-corrected chi connectivity index (χ2v) is 7.19. The molecule has 20 heavy (non-hydrogen) atoms. The Morgan fingerprint density at radius 2 is 2.20 bits per heavy atom. The fourth-order valence-electron chi connectivity index (χ4n) is 3.04. The summed E-state index contributed by atoms with van der Waals surface area (Å²) in [6.45, 7) is 10.6. The number of hydrogen-bond donors (Lipinski definition) is 2. The lowest BCUT2D eigenvalue weighted by molar-refractivity contribution is -0.146. The van der Waals surface area contributed by atoms with Crippen LogP contribution in [0.2, 0.25) is 0 Å². The van der Waals surface area contributed by atoms with Gasteiger partial charge in [0.05, 0.1) is 12.2 Å². The van der Waals surface area contributed by atoms with E-state index in [-0.39, 0.29) is 11.6 Å². The fraction of sp³-hybridized carbons (Fsp3) is 0.933. The third kappa shape index (κ3) is 3.93. The summed E-state index contributed by atoms with van der Waals surface area (Å²) in [4.78, 5) is 14.0. The normalized spacial score (nSPS) is 27.8. The summed E-state index contributed by atoms with van der Waals surface area (Å²) in [5, 5.41) is 12.9. The minimum absolute atomic E-state index is 0.143. The van der Waals surface area contributed by atoms with E-state index >= 15 is 0 Å². The number of nitrogens with one attached hydrogen (secondary N) is 1. The second kappa shape index (κ2) is 5.62. The summed E-state index contributed by atoms with van der Waals surface area (Å²) in [7, 11) is 0. The van der Waals surface area contributed by atoms with Gasteiger partial charge in [-0.3, -0.25) is 15.0 Å². The Morgan fingerprint density at radius 3 is 2.70 bits per heavy atom. The van der Waals surface area contributed by atoms with Gasteiger partial charge in [-0.25, -0.2) is 0 Å². The van der Waals surface area contributed by atoms with E-state index in [1.54, 1.807) is 0 Å². The lowest BCUT2D eigenvalue weighted by Crippen LogP contribution is -2.57. The van der Waals surface area contributed by atoms with Crippen LogP contribution in [0.25, 0.3) is 0 Å². The summed E-state index contributed by atoms with van der Waals surface area (Å²) in [6, 6.07) is 0.620. The summed E-state index contributed by atoms with van der Waals surface area (Å²) in [5.74, 6) is -0.747. The van der Waals surface area contributed by atoms with Crippen LogP contribution in [0.5, 0.6) is 0 Å². The average molecular weight is 284 g/mol. The molecule has 2 rings (SSSR count). The quantitative estimate of drug-likeness (QED) is 0.773. The van der Waals surface area contributed by atoms with Crippen LogP contribution in [0, 0.1) is 0 Å². The monoisotopic (exact) mass is 284 g/mol. The van der Waals surface area contributed by atoms with Gasteiger partial charge in [0.2, 0.25) is 0 Å². The van der Waals surface area contributed by atoms with Crippen molar-refractivity contribution in [2.24, 2.45) is 0 Å². The van der Waals surface area contributed by atoms with Gasteiger partial charge in [0, 0.05) is 25.2 Å². The Balaban J connectivity index is 1.96. The number of carboxylic acids is 1. The van der Waals surface area contributed by atoms with Gasteiger partial charge in [-0.1, -0.05) is 0 Å². The van der Waals surface area contributed by atoms with Crippen LogP contribution < -0.4 is 5.32 Å². The van der Waals surface area contributed by atoms with Crippen molar-refractivity contribution in [3.63, 3.8) is 0 Å². The van der Waals surface area contributed by atoms with E-state index in [1.807, 2.05) is 6.92 Å². The van der Waals surface area contributed by atoms with Crippen molar-refractivity contribution in [2.75, 3.05) is 19.7 Å². The molecule has 1 aliphatic heterocycles. The molecule has 2 aliphatic rings. The molecule has 0 bridgehead atoms. The fourth-order valence-corrected chi connectivity index (χ4v) is 3.04. The highest BCUT2D eigenvalue weighted by Gasteiger charge is 2.41. The van der Waals surface area contributed by atoms with E-state index in [4.69, 9.17) is 4.74 Å². The number of carbonyl (C=O) groups is 1. The molecular weight excluding hydrogens is 256 g/mol. The molecule has 1 aliphatic carbocycles. The molecule has 5 heteroatoms. The number of rotatable bonds is 6. The Kier molecular flexibility index (Phi) is 4.42. The molecule has 0 aromatic heterocycles. The van der Waals surface area contributed by atoms with E-state index in [0.717, 1.165) is 32.5 Å². The smallest absolute Gasteiger partial charge is 0.323 e. The number of morpholine rings is 1. The van der Waals surface area contributed by atoms with E-state index in [2.05, 4.69) is 31.0 Å². The molecule has 2 unspecified atom stereocenters. The SMILES string of the molecule is CC(CC(C)(NC1CC1)C(=O)O)N1CCOC(C)(C)C1. The molecule has 2 fully saturated rings. The summed E-state index contributed by atoms with van der Waals surface area (Å²) in [6.07, 6.45) is 2.82. The summed E-state index contributed by atoms with van der Waals surface area (Å²) < 4.78 is 5.72. The number of carboxylic acid groups (broad SMARTS) is 1. The van der Waals surface area contributed by atoms with Crippen molar-refractivity contribution in [1.82, 2.24) is 10.2 Å². The van der Waals surface area contributed by atoms with Crippen LogP contribution in [0.3, 0.4) is 0 Å². The van der Waals surface area contributed by atoms with E-state index < -0.39 is 11.5 Å². The highest BCUT2D eigenvalue weighted by molar-refractivity contribution is 5.78. The number of hydrogen-bond acceptors (Lipinski definition) is 4. The predicted octanol–water partition coefficient (Wildman–Crippen LogP) is 1.47. The van der Waals surface area contributed by atoms with Crippen molar-refractivity contribution in [3.05, 3.63) is 0 Å². The minimum Gasteiger partial charge on any atom is -0.480 e. The third-order valence-electron chi connectivity index (χ3n) is 4.35. The Morgan fingerprint density at radius 1 is 1.55 bits per heavy atom. The van der Waals surface area contributed by atoms with Gasteiger partial charge in [-0.15, -0.1) is 0 Å². The van der Waals surface area contributed by atoms with E-state index in [0.29, 0.717) is 12.5 Å². The Bertz CT molecular complexity index is 368. The maximum absolute atomic E-state index is 11.6. The lowest BCUT2D eigenvalue weighted by Gasteiger charge is -2.43. The van der Waals surface area contributed by atoms with Crippen LogP contribution in [-0.2, 0) is 9.53 Å². The molecule has 2 N–H and O–H groups in total. The van der Waals surface area contributed by atoms with Crippen LogP contribution in [0.4, 0.5) is 0 Å². The first-order chi connectivity index (χ1) is 9.22. The van der Waals surface area contributed by atoms with Crippen molar-refractivity contribution in [2.45, 2.75) is 70.2 Å². The zero-order valence-corrected chi connectivity index (χ0v) is 13.1. The minimum atomic E-state index is -0.830. The van der Waals surface area contributed by atoms with Crippen molar-refractivity contribution in [3.8, 4) is 0 Å². The van der Waals surface area contributed by atoms with Gasteiger partial charge in [0.15, 0.2) is 0 Å². The van der Waals surface area contributed by atoms with Crippen molar-refractivity contribution >= 4 is 5.97 Å². The highest BCUT2D eigenvalue weighted by atomic mass is 16.5. The molecule has 116 valence electrons. The molecule has 1 saturated heterocycles. The maximum atomic E-state index is 11.6. The molecule has 0 radical (unpaired) electrons. The van der Waals surface area contributed by atoms with Crippen LogP contribution in [0.1, 0.15) is 47.0 Å². The third-order valence-corrected chi connectivity index (χ3v) is 4.35. The second-order valence-electron chi connectivity index (χ2n) is 7.19. The molecule has 0 spiro atoms. The Labute approximate surface area is 121 Å². The number of nitrogens with zero attached hydrogens (tertiary/aromatic N) is 1. The van der Waals surface area contributed by atoms with E-state index in [1.165, 1.54) is 0 Å². The van der Waals surface area contributed by atoms with Gasteiger partial charge in [-0.2, -0.15) is 0 Å². The van der Waals surface area contributed by atoms with Gasteiger partial charge < -0.3 is 9.84 Å². The molecular formula is C15H28N2O3. The maximum Gasteiger partial charge on any atom is 0.323 e. The van der Waals surface area contributed by atoms with Crippen LogP contribution in [0.15, 0.2) is 0 Å². The first-order valence-electron chi connectivity index (χ1n) is 7.61. The molecule has 1 saturated carbocycles. The largest absolute Gasteiger partial charge is 0.480 e. The highest BCUT2D eigenvalue weighted by Crippen LogP contribution is 2.27. The molecule has 0 aromatic rings. The van der Waals surface area contributed by atoms with Crippen LogP contribution >= 0.6 is 0 Å². The topological polar surface area (TPSA) is 61.8 Å². The van der Waals surface area contributed by atoms with Crippen molar-refractivity contribution < 1.29 is 14.6 Å². The van der Waals surface area contributed by atoms with Gasteiger partial charge in [-0.05, 0) is 47.0 Å². The lowest BCUT2D eigenvalue weighted by atomic mass is 9.91. The first kappa shape index (κ1) is 15.7. The van der Waals surface area contributed by atoms with E-state index in [9.17, 15) is 9.90 Å². The molecule has 2 atom stereocenters. The predicted molar refractivity (Wildman–Crippen MR) is 77.9 cm³/mol. The van der Waals surface area contributed by atoms with Gasteiger partial charge in [0.25, 0.3) is 0 Å². The van der Waals surface area contributed by atoms with Crippen LogP contribution in [-0.4, -0.2) is 58.9 Å². The molecule has 5 nitrogen and oxygen atoms in total. The molecule has 0 aromatic carbocycles. The molecule has 0 amide bonds. The van der Waals surface area contributed by atoms with Gasteiger partial charge in [0.1, 0.15) is 5.54 Å². The average Bonchev–Trinajstić information content (AvgIpc) is 3.11. The first-order valence-corrected chi connectivity index (χ1v) is 7.61. The summed E-state index contributed by atoms with van der Waals surface area (Å²) >= 11 is 0. The van der Waals surface area contributed by atoms with Crippen molar-refractivity contribution in [1.29, 1.82) is 0 Å². The Hall–Kier alpha value is -0.650. The van der Waals surface area contributed by atoms with Gasteiger partial charge >= 0.3 is 5.97 Å².